The van der Waals surface area contributed by atoms with Crippen LogP contribution in [0.15, 0.2) is 29.8 Å². The van der Waals surface area contributed by atoms with Gasteiger partial charge in [-0.05, 0) is 76.4 Å². The van der Waals surface area contributed by atoms with Gasteiger partial charge in [0.2, 0.25) is 0 Å². The summed E-state index contributed by atoms with van der Waals surface area (Å²) in [5, 5.41) is 3.25. The maximum Gasteiger partial charge on any atom is 0.322 e. The van der Waals surface area contributed by atoms with E-state index in [0.29, 0.717) is 6.54 Å². The number of carbonyl (C=O) groups is 1. The van der Waals surface area contributed by atoms with Crippen LogP contribution in [0.3, 0.4) is 0 Å². The van der Waals surface area contributed by atoms with Crippen molar-refractivity contribution in [1.82, 2.24) is 10.2 Å². The van der Waals surface area contributed by atoms with Gasteiger partial charge in [-0.3, -0.25) is 9.80 Å². The quantitative estimate of drug-likeness (QED) is 0.727. The van der Waals surface area contributed by atoms with E-state index in [1.54, 1.807) is 12.1 Å². The highest BCUT2D eigenvalue weighted by molar-refractivity contribution is 5.95. The van der Waals surface area contributed by atoms with Crippen LogP contribution in [0.1, 0.15) is 64.4 Å². The second kappa shape index (κ2) is 8.47. The van der Waals surface area contributed by atoms with E-state index >= 15 is 0 Å². The molecule has 2 aliphatic heterocycles. The van der Waals surface area contributed by atoms with E-state index in [-0.39, 0.29) is 23.3 Å². The molecule has 0 atom stereocenters. The van der Waals surface area contributed by atoms with Crippen molar-refractivity contribution in [3.05, 3.63) is 41.2 Å². The minimum absolute atomic E-state index is 0.00592. The zero-order valence-electron chi connectivity index (χ0n) is 17.8. The van der Waals surface area contributed by atoms with Crippen LogP contribution in [0.25, 0.3) is 0 Å². The minimum atomic E-state index is -0.204. The van der Waals surface area contributed by atoms with E-state index in [1.807, 2.05) is 4.90 Å². The van der Waals surface area contributed by atoms with Crippen LogP contribution in [-0.4, -0.2) is 43.2 Å². The highest BCUT2D eigenvalue weighted by Gasteiger charge is 2.46. The number of rotatable bonds is 3. The van der Waals surface area contributed by atoms with Crippen LogP contribution in [0.5, 0.6) is 0 Å². The van der Waals surface area contributed by atoms with Gasteiger partial charge in [0.1, 0.15) is 5.82 Å². The average molecular weight is 400 g/mol. The molecule has 1 saturated carbocycles. The summed E-state index contributed by atoms with van der Waals surface area (Å²) in [4.78, 5) is 17.5. The standard InChI is InChI=1S/C24H34FN3O/c1-18(2)10-13-27-14-11-24(12-15-27)17-28(22-9-8-19(25)16-21(22)24)23(29)26-20-6-4-3-5-7-20/h8-10,16,20H,3-7,11-15,17H2,1-2H3,(H,26,29). The Kier molecular flexibility index (Phi) is 5.95. The van der Waals surface area contributed by atoms with Gasteiger partial charge in [-0.25, -0.2) is 9.18 Å². The smallest absolute Gasteiger partial charge is 0.322 e. The Balaban J connectivity index is 1.51. The molecule has 1 aromatic rings. The molecule has 0 radical (unpaired) electrons. The fraction of sp³-hybridized carbons (Fsp3) is 0.625. The molecule has 29 heavy (non-hydrogen) atoms. The second-order valence-electron chi connectivity index (χ2n) is 9.39. The Bertz CT molecular complexity index is 772. The number of amides is 2. The fourth-order valence-corrected chi connectivity index (χ4v) is 5.22. The summed E-state index contributed by atoms with van der Waals surface area (Å²) in [6.07, 6.45) is 9.99. The summed E-state index contributed by atoms with van der Waals surface area (Å²) in [6, 6.07) is 5.24. The number of hydrogen-bond acceptors (Lipinski definition) is 2. The van der Waals surface area contributed by atoms with E-state index in [1.165, 1.54) is 30.9 Å². The lowest BCUT2D eigenvalue weighted by Gasteiger charge is -2.39. The number of halogens is 1. The Hall–Kier alpha value is -1.88. The molecule has 1 spiro atoms. The zero-order chi connectivity index (χ0) is 20.4. The van der Waals surface area contributed by atoms with E-state index in [4.69, 9.17) is 0 Å². The first-order valence-corrected chi connectivity index (χ1v) is 11.2. The number of likely N-dealkylation sites (tertiary alicyclic amines) is 1. The Morgan fingerprint density at radius 2 is 1.93 bits per heavy atom. The number of nitrogens with one attached hydrogen (secondary N) is 1. The van der Waals surface area contributed by atoms with Gasteiger partial charge in [-0.1, -0.05) is 30.9 Å². The molecule has 5 heteroatoms. The summed E-state index contributed by atoms with van der Waals surface area (Å²) >= 11 is 0. The van der Waals surface area contributed by atoms with Gasteiger partial charge < -0.3 is 5.32 Å². The van der Waals surface area contributed by atoms with Crippen molar-refractivity contribution in [2.24, 2.45) is 0 Å². The highest BCUT2D eigenvalue weighted by Crippen LogP contribution is 2.47. The van der Waals surface area contributed by atoms with Crippen LogP contribution in [0.4, 0.5) is 14.9 Å². The molecule has 4 nitrogen and oxygen atoms in total. The normalized spacial score (nSPS) is 21.8. The number of benzene rings is 1. The van der Waals surface area contributed by atoms with Crippen LogP contribution in [-0.2, 0) is 5.41 Å². The molecule has 2 amide bonds. The van der Waals surface area contributed by atoms with E-state index in [2.05, 4.69) is 30.1 Å². The van der Waals surface area contributed by atoms with Crippen molar-refractivity contribution in [1.29, 1.82) is 0 Å². The van der Waals surface area contributed by atoms with Crippen molar-refractivity contribution in [3.63, 3.8) is 0 Å². The number of nitrogens with zero attached hydrogens (tertiary/aromatic N) is 2. The summed E-state index contributed by atoms with van der Waals surface area (Å²) in [7, 11) is 0. The van der Waals surface area contributed by atoms with Crippen molar-refractivity contribution in [2.75, 3.05) is 31.1 Å². The van der Waals surface area contributed by atoms with Gasteiger partial charge in [-0.2, -0.15) is 0 Å². The maximum atomic E-state index is 14.1. The molecule has 1 aliphatic carbocycles. The van der Waals surface area contributed by atoms with Crippen LogP contribution in [0.2, 0.25) is 0 Å². The largest absolute Gasteiger partial charge is 0.335 e. The first kappa shape index (κ1) is 20.4. The topological polar surface area (TPSA) is 35.6 Å². The summed E-state index contributed by atoms with van der Waals surface area (Å²) in [5.41, 5.74) is 3.14. The van der Waals surface area contributed by atoms with Crippen molar-refractivity contribution < 1.29 is 9.18 Å². The van der Waals surface area contributed by atoms with Gasteiger partial charge in [-0.15, -0.1) is 0 Å². The van der Waals surface area contributed by atoms with Crippen LogP contribution < -0.4 is 10.2 Å². The van der Waals surface area contributed by atoms with Gasteiger partial charge in [0, 0.05) is 30.2 Å². The van der Waals surface area contributed by atoms with Crippen molar-refractivity contribution in [3.8, 4) is 0 Å². The zero-order valence-corrected chi connectivity index (χ0v) is 17.8. The lowest BCUT2D eigenvalue weighted by atomic mass is 9.74. The highest BCUT2D eigenvalue weighted by atomic mass is 19.1. The van der Waals surface area contributed by atoms with Gasteiger partial charge in [0.05, 0.1) is 0 Å². The van der Waals surface area contributed by atoms with E-state index in [9.17, 15) is 9.18 Å². The molecule has 1 N–H and O–H groups in total. The van der Waals surface area contributed by atoms with Gasteiger partial charge >= 0.3 is 6.03 Å². The molecule has 3 aliphatic rings. The Morgan fingerprint density at radius 3 is 2.62 bits per heavy atom. The first-order chi connectivity index (χ1) is 14.0. The number of anilines is 1. The monoisotopic (exact) mass is 399 g/mol. The lowest BCUT2D eigenvalue weighted by molar-refractivity contribution is 0.179. The number of urea groups is 1. The third kappa shape index (κ3) is 4.35. The molecule has 2 heterocycles. The molecular weight excluding hydrogens is 365 g/mol. The molecular formula is C24H34FN3O. The summed E-state index contributed by atoms with van der Waals surface area (Å²) in [5.74, 6) is -0.204. The molecule has 0 unspecified atom stereocenters. The van der Waals surface area contributed by atoms with Crippen molar-refractivity contribution in [2.45, 2.75) is 70.3 Å². The summed E-state index contributed by atoms with van der Waals surface area (Å²) < 4.78 is 14.1. The predicted molar refractivity (Wildman–Crippen MR) is 116 cm³/mol. The van der Waals surface area contributed by atoms with Crippen molar-refractivity contribution >= 4 is 11.7 Å². The van der Waals surface area contributed by atoms with Crippen LogP contribution >= 0.6 is 0 Å². The lowest BCUT2D eigenvalue weighted by Crippen LogP contribution is -2.49. The van der Waals surface area contributed by atoms with Gasteiger partial charge in [0.25, 0.3) is 0 Å². The fourth-order valence-electron chi connectivity index (χ4n) is 5.22. The molecule has 0 aromatic heterocycles. The summed E-state index contributed by atoms with van der Waals surface area (Å²) in [6.45, 7) is 7.87. The number of fused-ring (bicyclic) bond motifs is 2. The molecule has 2 fully saturated rings. The second-order valence-corrected chi connectivity index (χ2v) is 9.39. The predicted octanol–water partition coefficient (Wildman–Crippen LogP) is 4.99. The van der Waals surface area contributed by atoms with E-state index < -0.39 is 0 Å². The number of hydrogen-bond donors (Lipinski definition) is 1. The number of allylic oxidation sites excluding steroid dienone is 1. The SMILES string of the molecule is CC(C)=CCN1CCC2(CC1)CN(C(=O)NC1CCCCC1)c1ccc(F)cc12. The van der Waals surface area contributed by atoms with Crippen LogP contribution in [0, 0.1) is 5.82 Å². The first-order valence-electron chi connectivity index (χ1n) is 11.2. The Labute approximate surface area is 174 Å². The third-order valence-electron chi connectivity index (χ3n) is 7.03. The third-order valence-corrected chi connectivity index (χ3v) is 7.03. The number of piperidine rings is 1. The Morgan fingerprint density at radius 1 is 1.21 bits per heavy atom. The molecule has 1 saturated heterocycles. The minimum Gasteiger partial charge on any atom is -0.335 e. The molecule has 158 valence electrons. The molecule has 1 aromatic carbocycles. The maximum absolute atomic E-state index is 14.1. The number of carbonyl (C=O) groups excluding carboxylic acids is 1. The molecule has 4 rings (SSSR count). The van der Waals surface area contributed by atoms with Gasteiger partial charge in [0.15, 0.2) is 0 Å². The van der Waals surface area contributed by atoms with E-state index in [0.717, 1.165) is 56.6 Å². The average Bonchev–Trinajstić information content (AvgIpc) is 3.02. The molecule has 0 bridgehead atoms.